The molecule has 3 unspecified atom stereocenters. The van der Waals surface area contributed by atoms with Gasteiger partial charge in [-0.25, -0.2) is 4.68 Å². The minimum Gasteiger partial charge on any atom is -0.364 e. The Morgan fingerprint density at radius 1 is 1.53 bits per heavy atom. The third-order valence-corrected chi connectivity index (χ3v) is 4.73. The molecular formula is C13H17N5O. The summed E-state index contributed by atoms with van der Waals surface area (Å²) < 4.78 is 6.89. The molecule has 0 aromatic carbocycles. The van der Waals surface area contributed by atoms with E-state index in [0.29, 0.717) is 0 Å². The zero-order valence-electron chi connectivity index (χ0n) is 10.9. The van der Waals surface area contributed by atoms with Gasteiger partial charge in [0.2, 0.25) is 0 Å². The molecule has 2 bridgehead atoms. The van der Waals surface area contributed by atoms with Crippen molar-refractivity contribution in [2.24, 2.45) is 11.7 Å². The molecule has 2 fully saturated rings. The van der Waals surface area contributed by atoms with Gasteiger partial charge in [-0.3, -0.25) is 0 Å². The highest BCUT2D eigenvalue weighted by Crippen LogP contribution is 2.52. The summed E-state index contributed by atoms with van der Waals surface area (Å²) in [6.07, 6.45) is 8.17. The first-order chi connectivity index (χ1) is 9.16. The molecule has 0 spiro atoms. The Morgan fingerprint density at radius 2 is 2.42 bits per heavy atom. The molecule has 2 aliphatic carbocycles. The van der Waals surface area contributed by atoms with Crippen molar-refractivity contribution in [3.63, 3.8) is 0 Å². The van der Waals surface area contributed by atoms with Crippen LogP contribution in [0.15, 0.2) is 17.0 Å². The van der Waals surface area contributed by atoms with Crippen molar-refractivity contribution in [1.29, 1.82) is 0 Å². The lowest BCUT2D eigenvalue weighted by Crippen LogP contribution is -2.43. The molecule has 0 radical (unpaired) electrons. The van der Waals surface area contributed by atoms with Gasteiger partial charge in [-0.05, 0) is 38.5 Å². The Hall–Kier alpha value is -1.69. The van der Waals surface area contributed by atoms with Crippen molar-refractivity contribution in [3.8, 4) is 11.4 Å². The predicted octanol–water partition coefficient (Wildman–Crippen LogP) is 1.68. The van der Waals surface area contributed by atoms with Gasteiger partial charge in [0, 0.05) is 11.1 Å². The van der Waals surface area contributed by atoms with Gasteiger partial charge in [-0.2, -0.15) is 0 Å². The molecule has 2 N–H and O–H groups in total. The van der Waals surface area contributed by atoms with Crippen molar-refractivity contribution in [3.05, 3.63) is 18.0 Å². The second kappa shape index (κ2) is 3.66. The number of nitrogens with two attached hydrogens (primary N) is 1. The molecule has 3 atom stereocenters. The smallest absolute Gasteiger partial charge is 0.138 e. The van der Waals surface area contributed by atoms with E-state index in [0.717, 1.165) is 42.1 Å². The van der Waals surface area contributed by atoms with Crippen LogP contribution in [0.4, 0.5) is 0 Å². The third kappa shape index (κ3) is 1.56. The Kier molecular flexibility index (Phi) is 2.15. The van der Waals surface area contributed by atoms with Crippen LogP contribution in [0.3, 0.4) is 0 Å². The van der Waals surface area contributed by atoms with Gasteiger partial charge in [0.05, 0.1) is 12.2 Å². The van der Waals surface area contributed by atoms with Crippen LogP contribution in [-0.4, -0.2) is 25.7 Å². The van der Waals surface area contributed by atoms with E-state index in [1.165, 1.54) is 6.42 Å². The van der Waals surface area contributed by atoms with Crippen LogP contribution in [-0.2, 0) is 0 Å². The summed E-state index contributed by atoms with van der Waals surface area (Å²) in [6.45, 7) is 1.95. The van der Waals surface area contributed by atoms with Crippen LogP contribution < -0.4 is 5.73 Å². The van der Waals surface area contributed by atoms with Crippen molar-refractivity contribution in [1.82, 2.24) is 20.2 Å². The standard InChI is InChI=1S/C13H17N5O/c1-8-7-19-16-12(8)10-6-18(17-15-10)11-4-9-2-3-13(11,14)5-9/h6-7,9,11H,2-5,14H2,1H3. The number of aryl methyl sites for hydroxylation is 1. The molecule has 2 saturated carbocycles. The first-order valence-corrected chi connectivity index (χ1v) is 6.78. The predicted molar refractivity (Wildman–Crippen MR) is 68.2 cm³/mol. The molecule has 2 aliphatic rings. The molecule has 6 nitrogen and oxygen atoms in total. The highest BCUT2D eigenvalue weighted by molar-refractivity contribution is 5.55. The second-order valence-electron chi connectivity index (χ2n) is 6.02. The Balaban J connectivity index is 1.68. The van der Waals surface area contributed by atoms with Crippen molar-refractivity contribution in [2.75, 3.05) is 0 Å². The van der Waals surface area contributed by atoms with E-state index in [1.54, 1.807) is 6.26 Å². The first kappa shape index (κ1) is 11.2. The Bertz CT molecular complexity index is 618. The van der Waals surface area contributed by atoms with Crippen LogP contribution in [0.1, 0.15) is 37.3 Å². The average Bonchev–Trinajstić information content (AvgIpc) is 3.09. The lowest BCUT2D eigenvalue weighted by atomic mass is 9.89. The maximum atomic E-state index is 6.51. The van der Waals surface area contributed by atoms with Crippen LogP contribution in [0.25, 0.3) is 11.4 Å². The number of nitrogens with zero attached hydrogens (tertiary/aromatic N) is 4. The normalized spacial score (nSPS) is 33.2. The SMILES string of the molecule is Cc1conc1-c1cn(C2CC3CCC2(N)C3)nn1. The fourth-order valence-electron chi connectivity index (χ4n) is 3.71. The summed E-state index contributed by atoms with van der Waals surface area (Å²) in [5.74, 6) is 0.761. The molecule has 2 aromatic heterocycles. The topological polar surface area (TPSA) is 82.8 Å². The fraction of sp³-hybridized carbons (Fsp3) is 0.615. The van der Waals surface area contributed by atoms with Gasteiger partial charge in [0.15, 0.2) is 0 Å². The van der Waals surface area contributed by atoms with Gasteiger partial charge < -0.3 is 10.3 Å². The minimum absolute atomic E-state index is 0.0888. The maximum absolute atomic E-state index is 6.51. The highest BCUT2D eigenvalue weighted by atomic mass is 16.5. The average molecular weight is 259 g/mol. The van der Waals surface area contributed by atoms with Crippen molar-refractivity contribution in [2.45, 2.75) is 44.2 Å². The number of aromatic nitrogens is 4. The minimum atomic E-state index is -0.0888. The van der Waals surface area contributed by atoms with Crippen LogP contribution in [0, 0.1) is 12.8 Å². The van der Waals surface area contributed by atoms with E-state index in [4.69, 9.17) is 10.3 Å². The summed E-state index contributed by atoms with van der Waals surface area (Å²) in [4.78, 5) is 0. The van der Waals surface area contributed by atoms with E-state index in [-0.39, 0.29) is 11.6 Å². The largest absolute Gasteiger partial charge is 0.364 e. The van der Waals surface area contributed by atoms with Gasteiger partial charge in [-0.1, -0.05) is 10.4 Å². The lowest BCUT2D eigenvalue weighted by molar-refractivity contribution is 0.260. The Morgan fingerprint density at radius 3 is 3.05 bits per heavy atom. The van der Waals surface area contributed by atoms with Crippen molar-refractivity contribution < 1.29 is 4.52 Å². The molecular weight excluding hydrogens is 242 g/mol. The van der Waals surface area contributed by atoms with Crippen LogP contribution in [0.2, 0.25) is 0 Å². The first-order valence-electron chi connectivity index (χ1n) is 6.78. The van der Waals surface area contributed by atoms with E-state index in [9.17, 15) is 0 Å². The molecule has 19 heavy (non-hydrogen) atoms. The number of rotatable bonds is 2. The van der Waals surface area contributed by atoms with Gasteiger partial charge in [0.1, 0.15) is 17.7 Å². The highest BCUT2D eigenvalue weighted by Gasteiger charge is 2.50. The summed E-state index contributed by atoms with van der Waals surface area (Å²) in [6, 6.07) is 0.278. The maximum Gasteiger partial charge on any atom is 0.138 e. The van der Waals surface area contributed by atoms with E-state index in [1.807, 2.05) is 17.8 Å². The molecule has 2 aromatic rings. The van der Waals surface area contributed by atoms with E-state index >= 15 is 0 Å². The summed E-state index contributed by atoms with van der Waals surface area (Å²) in [7, 11) is 0. The monoisotopic (exact) mass is 259 g/mol. The summed E-state index contributed by atoms with van der Waals surface area (Å²) >= 11 is 0. The van der Waals surface area contributed by atoms with E-state index < -0.39 is 0 Å². The molecule has 0 amide bonds. The number of hydrogen-bond acceptors (Lipinski definition) is 5. The van der Waals surface area contributed by atoms with Gasteiger partial charge >= 0.3 is 0 Å². The van der Waals surface area contributed by atoms with Crippen molar-refractivity contribution >= 4 is 0 Å². The molecule has 0 aliphatic heterocycles. The second-order valence-corrected chi connectivity index (χ2v) is 6.02. The third-order valence-electron chi connectivity index (χ3n) is 4.73. The molecule has 100 valence electrons. The van der Waals surface area contributed by atoms with Gasteiger partial charge in [0.25, 0.3) is 0 Å². The summed E-state index contributed by atoms with van der Waals surface area (Å²) in [5, 5.41) is 12.4. The number of fused-ring (bicyclic) bond motifs is 2. The zero-order valence-corrected chi connectivity index (χ0v) is 10.9. The van der Waals surface area contributed by atoms with Crippen LogP contribution >= 0.6 is 0 Å². The number of hydrogen-bond donors (Lipinski definition) is 1. The molecule has 6 heteroatoms. The quantitative estimate of drug-likeness (QED) is 0.887. The molecule has 4 rings (SSSR count). The van der Waals surface area contributed by atoms with E-state index in [2.05, 4.69) is 15.5 Å². The lowest BCUT2D eigenvalue weighted by Gasteiger charge is -2.30. The van der Waals surface area contributed by atoms with Gasteiger partial charge in [-0.15, -0.1) is 5.10 Å². The molecule has 2 heterocycles. The zero-order chi connectivity index (χ0) is 13.0. The van der Waals surface area contributed by atoms with Crippen LogP contribution in [0.5, 0.6) is 0 Å². The summed E-state index contributed by atoms with van der Waals surface area (Å²) in [5.41, 5.74) is 8.92. The Labute approximate surface area is 110 Å². The molecule has 0 saturated heterocycles. The fourth-order valence-corrected chi connectivity index (χ4v) is 3.71.